The van der Waals surface area contributed by atoms with Crippen LogP contribution in [0.15, 0.2) is 40.1 Å². The van der Waals surface area contributed by atoms with Gasteiger partial charge < -0.3 is 5.21 Å². The maximum atomic E-state index is 11.4. The Kier molecular flexibility index (Phi) is 2.24. The lowest BCUT2D eigenvalue weighted by Gasteiger charge is -1.98. The normalized spacial score (nSPS) is 10.2. The molecule has 1 heterocycles. The van der Waals surface area contributed by atoms with Crippen LogP contribution >= 0.6 is 24.0 Å². The highest BCUT2D eigenvalue weighted by Crippen LogP contribution is 2.20. The van der Waals surface area contributed by atoms with Crippen molar-refractivity contribution in [1.29, 1.82) is 0 Å². The van der Waals surface area contributed by atoms with Crippen LogP contribution < -0.4 is 4.73 Å². The topological polar surface area (TPSA) is 26.9 Å². The van der Waals surface area contributed by atoms with E-state index in [1.54, 1.807) is 0 Å². The van der Waals surface area contributed by atoms with Crippen molar-refractivity contribution >= 4 is 24.0 Å². The maximum Gasteiger partial charge on any atom is 0.306 e. The van der Waals surface area contributed by atoms with Crippen LogP contribution in [0.4, 0.5) is 0 Å². The molecule has 0 fully saturated rings. The minimum atomic E-state index is 0.471. The molecule has 0 saturated carbocycles. The molecule has 0 aliphatic heterocycles. The highest BCUT2D eigenvalue weighted by atomic mass is 32.2. The van der Waals surface area contributed by atoms with Gasteiger partial charge in [0, 0.05) is 5.56 Å². The van der Waals surface area contributed by atoms with E-state index in [0.29, 0.717) is 10.0 Å². The second-order valence-corrected chi connectivity index (χ2v) is 4.15. The molecule has 1 aromatic carbocycles. The monoisotopic (exact) mass is 209 g/mol. The van der Waals surface area contributed by atoms with Gasteiger partial charge in [-0.3, -0.25) is 0 Å². The second kappa shape index (κ2) is 3.40. The lowest BCUT2D eigenvalue weighted by molar-refractivity contribution is -0.626. The summed E-state index contributed by atoms with van der Waals surface area (Å²) < 4.78 is 1.31. The van der Waals surface area contributed by atoms with E-state index in [0.717, 1.165) is 10.3 Å². The van der Waals surface area contributed by atoms with Crippen LogP contribution in [0.5, 0.6) is 0 Å². The van der Waals surface area contributed by atoms with Gasteiger partial charge >= 0.3 is 4.34 Å². The molecule has 2 aromatic rings. The smallest absolute Gasteiger partial charge is 0.306 e. The van der Waals surface area contributed by atoms with Crippen molar-refractivity contribution in [2.24, 2.45) is 0 Å². The molecule has 0 aliphatic rings. The number of aromatic nitrogens is 1. The van der Waals surface area contributed by atoms with Crippen LogP contribution in [0.3, 0.4) is 0 Å². The van der Waals surface area contributed by atoms with Gasteiger partial charge in [0.2, 0.25) is 5.69 Å². The fourth-order valence-electron chi connectivity index (χ4n) is 1.10. The summed E-state index contributed by atoms with van der Waals surface area (Å²) in [7, 11) is 0. The molecular weight excluding hydrogens is 202 g/mol. The first-order valence-electron chi connectivity index (χ1n) is 3.74. The first-order valence-corrected chi connectivity index (χ1v) is 5.07. The molecule has 1 aromatic heterocycles. The van der Waals surface area contributed by atoms with E-state index in [9.17, 15) is 5.21 Å². The lowest BCUT2D eigenvalue weighted by Crippen LogP contribution is -2.27. The van der Waals surface area contributed by atoms with Gasteiger partial charge in [-0.05, 0) is 12.1 Å². The predicted octanol–water partition coefficient (Wildman–Crippen LogP) is 2.34. The van der Waals surface area contributed by atoms with Crippen molar-refractivity contribution in [3.05, 3.63) is 40.9 Å². The molecule has 0 saturated heterocycles. The Hall–Kier alpha value is -1.00. The summed E-state index contributed by atoms with van der Waals surface area (Å²) >= 11 is 5.38. The summed E-state index contributed by atoms with van der Waals surface area (Å²) in [5.74, 6) is 0. The Morgan fingerprint density at radius 1 is 1.23 bits per heavy atom. The van der Waals surface area contributed by atoms with Gasteiger partial charge in [-0.2, -0.15) is 0 Å². The summed E-state index contributed by atoms with van der Waals surface area (Å²) in [6, 6.07) is 9.55. The Labute approximate surface area is 85.5 Å². The summed E-state index contributed by atoms with van der Waals surface area (Å²) in [4.78, 5) is 0. The number of rotatable bonds is 1. The molecule has 0 spiro atoms. The van der Waals surface area contributed by atoms with Crippen LogP contribution in [-0.2, 0) is 0 Å². The molecule has 66 valence electrons. The van der Waals surface area contributed by atoms with E-state index < -0.39 is 0 Å². The number of hydrogen-bond donors (Lipinski definition) is 1. The van der Waals surface area contributed by atoms with E-state index >= 15 is 0 Å². The summed E-state index contributed by atoms with van der Waals surface area (Å²) in [6.07, 6.45) is 0. The Morgan fingerprint density at radius 3 is 2.46 bits per heavy atom. The van der Waals surface area contributed by atoms with Gasteiger partial charge in [0.05, 0.1) is 5.38 Å². The summed E-state index contributed by atoms with van der Waals surface area (Å²) in [6.45, 7) is 0. The highest BCUT2D eigenvalue weighted by Gasteiger charge is 2.12. The van der Waals surface area contributed by atoms with E-state index in [4.69, 9.17) is 0 Å². The van der Waals surface area contributed by atoms with Crippen LogP contribution in [0.2, 0.25) is 0 Å². The molecule has 13 heavy (non-hydrogen) atoms. The minimum Gasteiger partial charge on any atom is -0.617 e. The standard InChI is InChI=1S/C9H7NOS2/c11-10-8(6-13-9(10)12)7-4-2-1-3-5-7/h1-6,12H. The fraction of sp³-hybridized carbons (Fsp3) is 0. The Balaban J connectivity index is 2.53. The van der Waals surface area contributed by atoms with Crippen LogP contribution in [0.25, 0.3) is 11.3 Å². The van der Waals surface area contributed by atoms with Crippen molar-refractivity contribution in [3.8, 4) is 11.3 Å². The van der Waals surface area contributed by atoms with Gasteiger partial charge in [-0.1, -0.05) is 42.2 Å². The predicted molar refractivity (Wildman–Crippen MR) is 56.0 cm³/mol. The minimum absolute atomic E-state index is 0.471. The third-order valence-corrected chi connectivity index (χ3v) is 2.95. The molecule has 0 bridgehead atoms. The largest absolute Gasteiger partial charge is 0.617 e. The fourth-order valence-corrected chi connectivity index (χ4v) is 2.01. The number of nitrogens with zero attached hydrogens (tertiary/aromatic N) is 1. The van der Waals surface area contributed by atoms with E-state index in [-0.39, 0.29) is 0 Å². The van der Waals surface area contributed by atoms with Crippen LogP contribution in [0.1, 0.15) is 0 Å². The molecule has 2 nitrogen and oxygen atoms in total. The zero-order chi connectivity index (χ0) is 9.26. The van der Waals surface area contributed by atoms with Crippen LogP contribution in [0, 0.1) is 5.21 Å². The molecule has 0 aliphatic carbocycles. The van der Waals surface area contributed by atoms with E-state index in [1.165, 1.54) is 11.3 Å². The highest BCUT2D eigenvalue weighted by molar-refractivity contribution is 7.82. The van der Waals surface area contributed by atoms with Gasteiger partial charge in [0.1, 0.15) is 0 Å². The van der Waals surface area contributed by atoms with Crippen molar-refractivity contribution in [2.75, 3.05) is 0 Å². The summed E-state index contributed by atoms with van der Waals surface area (Å²) in [5, 5.41) is 13.2. The van der Waals surface area contributed by atoms with Crippen molar-refractivity contribution in [2.45, 2.75) is 4.34 Å². The first-order chi connectivity index (χ1) is 6.29. The number of thiol groups is 1. The number of thiazole rings is 1. The Morgan fingerprint density at radius 2 is 1.92 bits per heavy atom. The third-order valence-electron chi connectivity index (χ3n) is 1.74. The molecule has 0 amide bonds. The van der Waals surface area contributed by atoms with Crippen molar-refractivity contribution in [3.63, 3.8) is 0 Å². The van der Waals surface area contributed by atoms with Gasteiger partial charge in [-0.15, -0.1) is 4.73 Å². The molecule has 2 rings (SSSR count). The molecule has 0 unspecified atom stereocenters. The van der Waals surface area contributed by atoms with Crippen molar-refractivity contribution < 1.29 is 4.73 Å². The molecule has 4 heteroatoms. The first kappa shape index (κ1) is 8.59. The quantitative estimate of drug-likeness (QED) is 0.435. The van der Waals surface area contributed by atoms with Gasteiger partial charge in [0.25, 0.3) is 0 Å². The lowest BCUT2D eigenvalue weighted by atomic mass is 10.2. The molecule has 0 N–H and O–H groups in total. The Bertz CT molecular complexity index is 411. The van der Waals surface area contributed by atoms with Crippen molar-refractivity contribution in [1.82, 2.24) is 0 Å². The zero-order valence-corrected chi connectivity index (χ0v) is 8.39. The zero-order valence-electron chi connectivity index (χ0n) is 6.68. The van der Waals surface area contributed by atoms with E-state index in [1.807, 2.05) is 35.7 Å². The van der Waals surface area contributed by atoms with Gasteiger partial charge in [-0.25, -0.2) is 0 Å². The number of hydrogen-bond acceptors (Lipinski definition) is 3. The average Bonchev–Trinajstić information content (AvgIpc) is 2.49. The molecule has 0 atom stereocenters. The third kappa shape index (κ3) is 1.55. The number of benzene rings is 1. The van der Waals surface area contributed by atoms with Gasteiger partial charge in [0.15, 0.2) is 0 Å². The molecular formula is C9H7NOS2. The van der Waals surface area contributed by atoms with Crippen LogP contribution in [-0.4, -0.2) is 0 Å². The summed E-state index contributed by atoms with van der Waals surface area (Å²) in [5.41, 5.74) is 1.59. The molecule has 0 radical (unpaired) electrons. The SMILES string of the molecule is [O-][n+]1c(-c2ccccc2)csc1S. The van der Waals surface area contributed by atoms with E-state index in [2.05, 4.69) is 12.6 Å². The average molecular weight is 209 g/mol. The maximum absolute atomic E-state index is 11.4. The second-order valence-electron chi connectivity index (χ2n) is 2.56.